The quantitative estimate of drug-likeness (QED) is 0.665. The van der Waals surface area contributed by atoms with Crippen LogP contribution in [-0.2, 0) is 0 Å². The van der Waals surface area contributed by atoms with Gasteiger partial charge in [0, 0.05) is 6.20 Å². The van der Waals surface area contributed by atoms with E-state index in [1.54, 1.807) is 18.0 Å². The van der Waals surface area contributed by atoms with E-state index < -0.39 is 0 Å². The van der Waals surface area contributed by atoms with Gasteiger partial charge in [0.2, 0.25) is 5.89 Å². The summed E-state index contributed by atoms with van der Waals surface area (Å²) in [5, 5.41) is 0.966. The summed E-state index contributed by atoms with van der Waals surface area (Å²) in [6.45, 7) is 4.16. The third-order valence-electron chi connectivity index (χ3n) is 2.83. The molecule has 2 aromatic heterocycles. The smallest absolute Gasteiger partial charge is 0.230 e. The van der Waals surface area contributed by atoms with Crippen LogP contribution >= 0.6 is 11.8 Å². The topological polar surface area (TPSA) is 38.9 Å². The van der Waals surface area contributed by atoms with Gasteiger partial charge in [-0.15, -0.1) is 11.8 Å². The molecule has 0 aliphatic heterocycles. The van der Waals surface area contributed by atoms with Crippen LogP contribution in [0.3, 0.4) is 0 Å². The zero-order valence-corrected chi connectivity index (χ0v) is 11.7. The number of nitrogens with zero attached hydrogens (tertiary/aromatic N) is 2. The Hall–Kier alpha value is -1.81. The van der Waals surface area contributed by atoms with Crippen molar-refractivity contribution in [1.82, 2.24) is 9.97 Å². The fourth-order valence-electron chi connectivity index (χ4n) is 1.96. The van der Waals surface area contributed by atoms with Crippen LogP contribution in [0.15, 0.2) is 46.0 Å². The van der Waals surface area contributed by atoms with Gasteiger partial charge in [0.1, 0.15) is 10.5 Å². The molecule has 0 atom stereocenters. The van der Waals surface area contributed by atoms with Crippen molar-refractivity contribution in [3.05, 3.63) is 42.1 Å². The lowest BCUT2D eigenvalue weighted by Gasteiger charge is -2.02. The molecule has 0 saturated carbocycles. The van der Waals surface area contributed by atoms with Crippen LogP contribution in [0.1, 0.15) is 12.5 Å². The molecule has 4 heteroatoms. The van der Waals surface area contributed by atoms with Crippen LogP contribution in [0.4, 0.5) is 0 Å². The molecule has 3 nitrogen and oxygen atoms in total. The number of hydrogen-bond donors (Lipinski definition) is 0. The molecule has 3 aromatic rings. The van der Waals surface area contributed by atoms with Gasteiger partial charge in [-0.25, -0.2) is 9.97 Å². The van der Waals surface area contributed by atoms with Crippen molar-refractivity contribution in [3.63, 3.8) is 0 Å². The average Bonchev–Trinajstić information content (AvgIpc) is 2.82. The zero-order valence-electron chi connectivity index (χ0n) is 10.9. The summed E-state index contributed by atoms with van der Waals surface area (Å²) in [7, 11) is 0. The second-order valence-electron chi connectivity index (χ2n) is 4.28. The fraction of sp³-hybridized carbons (Fsp3) is 0.200. The van der Waals surface area contributed by atoms with Crippen molar-refractivity contribution in [2.45, 2.75) is 18.9 Å². The molecule has 0 amide bonds. The SMILES string of the molecule is CCSc1ncccc1-c1nc2cc(C)ccc2o1. The summed E-state index contributed by atoms with van der Waals surface area (Å²) in [6, 6.07) is 9.94. The largest absolute Gasteiger partial charge is 0.436 e. The molecule has 1 aromatic carbocycles. The van der Waals surface area contributed by atoms with E-state index in [0.29, 0.717) is 5.89 Å². The summed E-state index contributed by atoms with van der Waals surface area (Å²) in [5.41, 5.74) is 3.85. The van der Waals surface area contributed by atoms with Gasteiger partial charge >= 0.3 is 0 Å². The number of hydrogen-bond acceptors (Lipinski definition) is 4. The van der Waals surface area contributed by atoms with Crippen LogP contribution in [0.25, 0.3) is 22.6 Å². The first-order chi connectivity index (χ1) is 9.28. The van der Waals surface area contributed by atoms with Crippen molar-refractivity contribution in [2.24, 2.45) is 0 Å². The molecule has 0 aliphatic carbocycles. The van der Waals surface area contributed by atoms with Gasteiger partial charge in [-0.1, -0.05) is 13.0 Å². The van der Waals surface area contributed by atoms with E-state index in [0.717, 1.165) is 27.4 Å². The molecule has 0 radical (unpaired) electrons. The molecule has 96 valence electrons. The standard InChI is InChI=1S/C15H14N2OS/c1-3-19-15-11(5-4-8-16-15)14-17-12-9-10(2)6-7-13(12)18-14/h4-9H,3H2,1-2H3. The third kappa shape index (κ3) is 2.36. The van der Waals surface area contributed by atoms with E-state index in [4.69, 9.17) is 4.42 Å². The molecule has 0 fully saturated rings. The highest BCUT2D eigenvalue weighted by atomic mass is 32.2. The maximum absolute atomic E-state index is 5.83. The fourth-order valence-corrected chi connectivity index (χ4v) is 2.68. The first kappa shape index (κ1) is 12.2. The second-order valence-corrected chi connectivity index (χ2v) is 5.53. The van der Waals surface area contributed by atoms with E-state index in [-0.39, 0.29) is 0 Å². The lowest BCUT2D eigenvalue weighted by molar-refractivity contribution is 0.617. The first-order valence-electron chi connectivity index (χ1n) is 6.23. The van der Waals surface area contributed by atoms with Crippen molar-refractivity contribution >= 4 is 22.9 Å². The third-order valence-corrected chi connectivity index (χ3v) is 3.71. The normalized spacial score (nSPS) is 11.1. The molecular weight excluding hydrogens is 256 g/mol. The van der Waals surface area contributed by atoms with Gasteiger partial charge in [-0.05, 0) is 42.5 Å². The Bertz CT molecular complexity index is 721. The summed E-state index contributed by atoms with van der Waals surface area (Å²) in [6.07, 6.45) is 1.80. The van der Waals surface area contributed by atoms with Crippen LogP contribution in [-0.4, -0.2) is 15.7 Å². The minimum atomic E-state index is 0.643. The Morgan fingerprint density at radius 1 is 1.26 bits per heavy atom. The van der Waals surface area contributed by atoms with Crippen LogP contribution in [0, 0.1) is 6.92 Å². The van der Waals surface area contributed by atoms with Crippen molar-refractivity contribution in [3.8, 4) is 11.5 Å². The van der Waals surface area contributed by atoms with Gasteiger partial charge in [0.05, 0.1) is 5.56 Å². The molecule has 0 N–H and O–H groups in total. The molecule has 0 aliphatic rings. The van der Waals surface area contributed by atoms with Gasteiger partial charge < -0.3 is 4.42 Å². The molecule has 0 bridgehead atoms. The van der Waals surface area contributed by atoms with Gasteiger partial charge in [-0.3, -0.25) is 0 Å². The van der Waals surface area contributed by atoms with Gasteiger partial charge in [0.25, 0.3) is 0 Å². The number of oxazole rings is 1. The van der Waals surface area contributed by atoms with Crippen LogP contribution in [0.2, 0.25) is 0 Å². The summed E-state index contributed by atoms with van der Waals surface area (Å²) < 4.78 is 5.83. The van der Waals surface area contributed by atoms with E-state index in [1.807, 2.05) is 30.3 Å². The molecule has 0 saturated heterocycles. The van der Waals surface area contributed by atoms with Gasteiger partial charge in [0.15, 0.2) is 5.58 Å². The van der Waals surface area contributed by atoms with Crippen molar-refractivity contribution in [2.75, 3.05) is 5.75 Å². The van der Waals surface area contributed by atoms with E-state index in [1.165, 1.54) is 5.56 Å². The summed E-state index contributed by atoms with van der Waals surface area (Å²) >= 11 is 1.70. The Kier molecular flexibility index (Phi) is 3.25. The number of pyridine rings is 1. The number of fused-ring (bicyclic) bond motifs is 1. The maximum Gasteiger partial charge on any atom is 0.230 e. The lowest BCUT2D eigenvalue weighted by Crippen LogP contribution is -1.86. The lowest BCUT2D eigenvalue weighted by atomic mass is 10.2. The highest BCUT2D eigenvalue weighted by Gasteiger charge is 2.13. The minimum Gasteiger partial charge on any atom is -0.436 e. The minimum absolute atomic E-state index is 0.643. The van der Waals surface area contributed by atoms with Gasteiger partial charge in [-0.2, -0.15) is 0 Å². The number of aryl methyl sites for hydroxylation is 1. The van der Waals surface area contributed by atoms with Crippen LogP contribution < -0.4 is 0 Å². The Balaban J connectivity index is 2.13. The second kappa shape index (κ2) is 5.05. The molecule has 0 unspecified atom stereocenters. The Labute approximate surface area is 116 Å². The number of rotatable bonds is 3. The molecule has 19 heavy (non-hydrogen) atoms. The molecule has 2 heterocycles. The number of benzene rings is 1. The Morgan fingerprint density at radius 3 is 3.00 bits per heavy atom. The van der Waals surface area contributed by atoms with E-state index in [2.05, 4.69) is 23.8 Å². The summed E-state index contributed by atoms with van der Waals surface area (Å²) in [5.74, 6) is 1.62. The van der Waals surface area contributed by atoms with Crippen LogP contribution in [0.5, 0.6) is 0 Å². The predicted molar refractivity (Wildman–Crippen MR) is 78.4 cm³/mol. The van der Waals surface area contributed by atoms with Crippen molar-refractivity contribution < 1.29 is 4.42 Å². The number of thioether (sulfide) groups is 1. The Morgan fingerprint density at radius 2 is 2.16 bits per heavy atom. The highest BCUT2D eigenvalue weighted by Crippen LogP contribution is 2.31. The summed E-state index contributed by atoms with van der Waals surface area (Å²) in [4.78, 5) is 8.96. The highest BCUT2D eigenvalue weighted by molar-refractivity contribution is 7.99. The first-order valence-corrected chi connectivity index (χ1v) is 7.22. The number of aromatic nitrogens is 2. The monoisotopic (exact) mass is 270 g/mol. The average molecular weight is 270 g/mol. The molecular formula is C15H14N2OS. The van der Waals surface area contributed by atoms with E-state index >= 15 is 0 Å². The molecule has 3 rings (SSSR count). The maximum atomic E-state index is 5.83. The predicted octanol–water partition coefficient (Wildman–Crippen LogP) is 4.31. The van der Waals surface area contributed by atoms with Crippen molar-refractivity contribution in [1.29, 1.82) is 0 Å². The molecule has 0 spiro atoms. The zero-order chi connectivity index (χ0) is 13.2. The van der Waals surface area contributed by atoms with E-state index in [9.17, 15) is 0 Å².